The van der Waals surface area contributed by atoms with Gasteiger partial charge in [-0.3, -0.25) is 4.98 Å². The monoisotopic (exact) mass is 256 g/mol. The van der Waals surface area contributed by atoms with Crippen molar-refractivity contribution in [3.8, 4) is 0 Å². The van der Waals surface area contributed by atoms with E-state index in [4.69, 9.17) is 4.98 Å². The van der Waals surface area contributed by atoms with Gasteiger partial charge in [-0.1, -0.05) is 6.07 Å². The molecule has 0 saturated heterocycles. The third kappa shape index (κ3) is 1.93. The van der Waals surface area contributed by atoms with Crippen LogP contribution in [0.25, 0.3) is 10.9 Å². The second-order valence-corrected chi connectivity index (χ2v) is 5.65. The molecule has 0 unspecified atom stereocenters. The maximum atomic E-state index is 14.1. The van der Waals surface area contributed by atoms with Crippen LogP contribution >= 0.6 is 0 Å². The molecule has 2 aliphatic rings. The Balaban J connectivity index is 1.97. The molecule has 1 fully saturated rings. The normalized spacial score (nSPS) is 19.2. The molecule has 2 nitrogen and oxygen atoms in total. The predicted molar refractivity (Wildman–Crippen MR) is 74.0 cm³/mol. The lowest BCUT2D eigenvalue weighted by Gasteiger charge is -2.11. The average molecular weight is 256 g/mol. The lowest BCUT2D eigenvalue weighted by Crippen LogP contribution is -2.16. The summed E-state index contributed by atoms with van der Waals surface area (Å²) in [5.41, 5.74) is 4.52. The Bertz CT molecular complexity index is 647. The highest BCUT2D eigenvalue weighted by Crippen LogP contribution is 2.43. The summed E-state index contributed by atoms with van der Waals surface area (Å²) in [5, 5.41) is 4.09. The van der Waals surface area contributed by atoms with Gasteiger partial charge in [-0.25, -0.2) is 4.39 Å². The van der Waals surface area contributed by atoms with E-state index < -0.39 is 0 Å². The van der Waals surface area contributed by atoms with Crippen LogP contribution in [-0.2, 0) is 12.8 Å². The van der Waals surface area contributed by atoms with Gasteiger partial charge >= 0.3 is 0 Å². The second-order valence-electron chi connectivity index (χ2n) is 5.65. The molecule has 1 saturated carbocycles. The van der Waals surface area contributed by atoms with Gasteiger partial charge in [-0.2, -0.15) is 0 Å². The fourth-order valence-electron chi connectivity index (χ4n) is 3.04. The quantitative estimate of drug-likeness (QED) is 0.848. The summed E-state index contributed by atoms with van der Waals surface area (Å²) in [6.07, 6.45) is 4.35. The summed E-state index contributed by atoms with van der Waals surface area (Å²) in [6, 6.07) is 5.58. The molecule has 3 heteroatoms. The van der Waals surface area contributed by atoms with Crippen LogP contribution in [0.5, 0.6) is 0 Å². The molecule has 4 rings (SSSR count). The van der Waals surface area contributed by atoms with Crippen molar-refractivity contribution >= 4 is 10.9 Å². The molecule has 98 valence electrons. The number of nitrogens with one attached hydrogen (secondary N) is 1. The van der Waals surface area contributed by atoms with Gasteiger partial charge in [0.1, 0.15) is 5.82 Å². The number of fused-ring (bicyclic) bond motifs is 2. The summed E-state index contributed by atoms with van der Waals surface area (Å²) in [5.74, 6) is 0.476. The zero-order chi connectivity index (χ0) is 12.8. The fourth-order valence-corrected chi connectivity index (χ4v) is 3.04. The van der Waals surface area contributed by atoms with Crippen LogP contribution in [0.2, 0.25) is 0 Å². The third-order valence-electron chi connectivity index (χ3n) is 4.26. The van der Waals surface area contributed by atoms with E-state index in [0.29, 0.717) is 11.3 Å². The highest BCUT2D eigenvalue weighted by Gasteiger charge is 2.27. The standard InChI is InChI=1S/C16H17FN2/c17-14-4-3-12(10-1-2-10)16-13(14)9-11-5-7-18-8-6-15(11)19-16/h3-4,9-10,18H,1-2,5-8H2. The Morgan fingerprint density at radius 3 is 2.84 bits per heavy atom. The minimum atomic E-state index is -0.132. The van der Waals surface area contributed by atoms with Gasteiger partial charge < -0.3 is 5.32 Å². The Morgan fingerprint density at radius 2 is 2.00 bits per heavy atom. The molecule has 0 radical (unpaired) electrons. The van der Waals surface area contributed by atoms with Gasteiger partial charge in [-0.05, 0) is 55.0 Å². The molecular formula is C16H17FN2. The number of aromatic nitrogens is 1. The molecule has 1 N–H and O–H groups in total. The van der Waals surface area contributed by atoms with Crippen molar-refractivity contribution in [2.75, 3.05) is 13.1 Å². The first-order valence-electron chi connectivity index (χ1n) is 7.14. The third-order valence-corrected chi connectivity index (χ3v) is 4.26. The first-order valence-corrected chi connectivity index (χ1v) is 7.14. The molecule has 2 aromatic rings. The summed E-state index contributed by atoms with van der Waals surface area (Å²) in [4.78, 5) is 4.82. The summed E-state index contributed by atoms with van der Waals surface area (Å²) in [7, 11) is 0. The average Bonchev–Trinajstić information content (AvgIpc) is 3.24. The van der Waals surface area contributed by atoms with Crippen LogP contribution in [0.4, 0.5) is 4.39 Å². The summed E-state index contributed by atoms with van der Waals surface area (Å²) >= 11 is 0. The number of rotatable bonds is 1. The number of halogens is 1. The molecule has 1 aliphatic heterocycles. The van der Waals surface area contributed by atoms with E-state index >= 15 is 0 Å². The lowest BCUT2D eigenvalue weighted by atomic mass is 10.0. The van der Waals surface area contributed by atoms with Crippen molar-refractivity contribution in [3.63, 3.8) is 0 Å². The van der Waals surface area contributed by atoms with Crippen molar-refractivity contribution in [2.24, 2.45) is 0 Å². The molecular weight excluding hydrogens is 239 g/mol. The van der Waals surface area contributed by atoms with E-state index in [1.165, 1.54) is 24.0 Å². The van der Waals surface area contributed by atoms with Gasteiger partial charge in [0.25, 0.3) is 0 Å². The van der Waals surface area contributed by atoms with Gasteiger partial charge in [0.2, 0.25) is 0 Å². The SMILES string of the molecule is Fc1ccc(C2CC2)c2nc3c(cc12)CCNCC3. The van der Waals surface area contributed by atoms with Crippen molar-refractivity contribution in [1.82, 2.24) is 10.3 Å². The summed E-state index contributed by atoms with van der Waals surface area (Å²) < 4.78 is 14.1. The molecule has 0 atom stereocenters. The first-order chi connectivity index (χ1) is 9.33. The maximum Gasteiger partial charge on any atom is 0.132 e. The number of nitrogens with zero attached hydrogens (tertiary/aromatic N) is 1. The van der Waals surface area contributed by atoms with Crippen LogP contribution < -0.4 is 5.32 Å². The molecule has 0 bridgehead atoms. The Labute approximate surface area is 112 Å². The largest absolute Gasteiger partial charge is 0.316 e. The van der Waals surface area contributed by atoms with E-state index in [1.54, 1.807) is 6.07 Å². The van der Waals surface area contributed by atoms with E-state index in [9.17, 15) is 4.39 Å². The topological polar surface area (TPSA) is 24.9 Å². The zero-order valence-corrected chi connectivity index (χ0v) is 10.9. The van der Waals surface area contributed by atoms with Crippen molar-refractivity contribution in [2.45, 2.75) is 31.6 Å². The fraction of sp³-hybridized carbons (Fsp3) is 0.438. The Hall–Kier alpha value is -1.48. The number of benzene rings is 1. The Morgan fingerprint density at radius 1 is 1.16 bits per heavy atom. The molecule has 2 heterocycles. The molecule has 0 amide bonds. The van der Waals surface area contributed by atoms with E-state index in [1.807, 2.05) is 12.1 Å². The van der Waals surface area contributed by atoms with Crippen LogP contribution in [0.15, 0.2) is 18.2 Å². The molecule has 1 aliphatic carbocycles. The van der Waals surface area contributed by atoms with Gasteiger partial charge in [0, 0.05) is 24.0 Å². The number of hydrogen-bond donors (Lipinski definition) is 1. The molecule has 1 aromatic carbocycles. The highest BCUT2D eigenvalue weighted by atomic mass is 19.1. The van der Waals surface area contributed by atoms with Crippen LogP contribution in [-0.4, -0.2) is 18.1 Å². The first kappa shape index (κ1) is 11.4. The maximum absolute atomic E-state index is 14.1. The van der Waals surface area contributed by atoms with Crippen molar-refractivity contribution in [3.05, 3.63) is 40.8 Å². The minimum absolute atomic E-state index is 0.132. The smallest absolute Gasteiger partial charge is 0.132 e. The Kier molecular flexibility index (Phi) is 2.55. The van der Waals surface area contributed by atoms with E-state index in [-0.39, 0.29) is 5.82 Å². The lowest BCUT2D eigenvalue weighted by molar-refractivity contribution is 0.638. The molecule has 1 aromatic heterocycles. The van der Waals surface area contributed by atoms with Gasteiger partial charge in [0.05, 0.1) is 5.52 Å². The van der Waals surface area contributed by atoms with Crippen LogP contribution in [0, 0.1) is 5.82 Å². The second kappa shape index (κ2) is 4.27. The number of hydrogen-bond acceptors (Lipinski definition) is 2. The minimum Gasteiger partial charge on any atom is -0.316 e. The van der Waals surface area contributed by atoms with Gasteiger partial charge in [0.15, 0.2) is 0 Å². The van der Waals surface area contributed by atoms with Crippen LogP contribution in [0.1, 0.15) is 35.6 Å². The van der Waals surface area contributed by atoms with Crippen LogP contribution in [0.3, 0.4) is 0 Å². The van der Waals surface area contributed by atoms with E-state index in [2.05, 4.69) is 5.32 Å². The molecule has 0 spiro atoms. The van der Waals surface area contributed by atoms with Gasteiger partial charge in [-0.15, -0.1) is 0 Å². The predicted octanol–water partition coefficient (Wildman–Crippen LogP) is 2.94. The summed E-state index contributed by atoms with van der Waals surface area (Å²) in [6.45, 7) is 1.93. The van der Waals surface area contributed by atoms with E-state index in [0.717, 1.165) is 37.1 Å². The zero-order valence-electron chi connectivity index (χ0n) is 10.9. The highest BCUT2D eigenvalue weighted by molar-refractivity contribution is 5.84. The number of pyridine rings is 1. The van der Waals surface area contributed by atoms with Crippen molar-refractivity contribution < 1.29 is 4.39 Å². The van der Waals surface area contributed by atoms with Crippen molar-refractivity contribution in [1.29, 1.82) is 0 Å². The molecule has 19 heavy (non-hydrogen) atoms.